The van der Waals surface area contributed by atoms with Gasteiger partial charge in [0, 0.05) is 6.07 Å². The third-order valence-corrected chi connectivity index (χ3v) is 3.66. The molecule has 3 rings (SSSR count). The molecule has 0 aliphatic carbocycles. The highest BCUT2D eigenvalue weighted by molar-refractivity contribution is 9.10. The average molecular weight is 362 g/mol. The second kappa shape index (κ2) is 6.15. The normalized spacial score (nSPS) is 10.6. The third kappa shape index (κ3) is 2.67. The molecule has 6 nitrogen and oxygen atoms in total. The summed E-state index contributed by atoms with van der Waals surface area (Å²) in [5.74, 6) is -0.161. The zero-order valence-electron chi connectivity index (χ0n) is 11.7. The number of hydrogen-bond acceptors (Lipinski definition) is 5. The molecule has 0 spiro atoms. The van der Waals surface area contributed by atoms with Crippen molar-refractivity contribution in [2.75, 3.05) is 7.11 Å². The first-order valence-corrected chi connectivity index (χ1v) is 7.27. The Hall–Kier alpha value is -2.41. The van der Waals surface area contributed by atoms with Crippen molar-refractivity contribution in [1.82, 2.24) is 14.6 Å². The molecule has 7 heteroatoms. The van der Waals surface area contributed by atoms with Gasteiger partial charge in [0.25, 0.3) is 0 Å². The molecular weight excluding hydrogens is 350 g/mol. The number of aromatic nitrogens is 3. The van der Waals surface area contributed by atoms with E-state index in [0.29, 0.717) is 22.5 Å². The van der Waals surface area contributed by atoms with Crippen LogP contribution in [0.5, 0.6) is 5.75 Å². The fourth-order valence-electron chi connectivity index (χ4n) is 2.05. The van der Waals surface area contributed by atoms with Crippen LogP contribution in [0.25, 0.3) is 5.65 Å². The molecule has 0 aliphatic heterocycles. The van der Waals surface area contributed by atoms with Crippen LogP contribution in [0.2, 0.25) is 0 Å². The number of methoxy groups -OCH3 is 1. The highest BCUT2D eigenvalue weighted by Gasteiger charge is 2.21. The Bertz CT molecular complexity index is 818. The summed E-state index contributed by atoms with van der Waals surface area (Å²) >= 11 is 3.40. The molecule has 0 atom stereocenters. The minimum atomic E-state index is -0.536. The van der Waals surface area contributed by atoms with Gasteiger partial charge in [-0.2, -0.15) is 5.10 Å². The van der Waals surface area contributed by atoms with E-state index in [-0.39, 0.29) is 5.69 Å². The van der Waals surface area contributed by atoms with E-state index >= 15 is 0 Å². The number of halogens is 1. The largest absolute Gasteiger partial charge is 0.486 e. The lowest BCUT2D eigenvalue weighted by atomic mass is 10.2. The molecule has 0 saturated heterocycles. The van der Waals surface area contributed by atoms with E-state index in [1.165, 1.54) is 18.0 Å². The van der Waals surface area contributed by atoms with E-state index < -0.39 is 5.97 Å². The van der Waals surface area contributed by atoms with Crippen molar-refractivity contribution in [2.24, 2.45) is 0 Å². The topological polar surface area (TPSA) is 65.7 Å². The van der Waals surface area contributed by atoms with Gasteiger partial charge in [0.05, 0.1) is 11.6 Å². The molecule has 2 heterocycles. The molecule has 0 unspecified atom stereocenters. The molecule has 0 amide bonds. The maximum Gasteiger partial charge on any atom is 0.360 e. The van der Waals surface area contributed by atoms with E-state index in [9.17, 15) is 4.79 Å². The summed E-state index contributed by atoms with van der Waals surface area (Å²) in [7, 11) is 1.31. The molecule has 1 aromatic carbocycles. The van der Waals surface area contributed by atoms with Gasteiger partial charge in [0.1, 0.15) is 12.9 Å². The first kappa shape index (κ1) is 14.5. The molecule has 0 radical (unpaired) electrons. The van der Waals surface area contributed by atoms with Crippen molar-refractivity contribution >= 4 is 27.5 Å². The predicted octanol–water partition coefficient (Wildman–Crippen LogP) is 2.86. The van der Waals surface area contributed by atoms with Crippen molar-refractivity contribution < 1.29 is 14.3 Å². The lowest BCUT2D eigenvalue weighted by Gasteiger charge is -2.12. The second-order valence-corrected chi connectivity index (χ2v) is 5.32. The van der Waals surface area contributed by atoms with E-state index in [1.807, 2.05) is 30.3 Å². The summed E-state index contributed by atoms with van der Waals surface area (Å²) < 4.78 is 12.7. The fraction of sp³-hybridized carbons (Fsp3) is 0.133. The SMILES string of the molecule is COC(=O)c1c(OCc2ccccc2)cc(Br)c2ncnn12. The smallest absolute Gasteiger partial charge is 0.360 e. The van der Waals surface area contributed by atoms with Gasteiger partial charge in [-0.3, -0.25) is 0 Å². The van der Waals surface area contributed by atoms with Crippen LogP contribution >= 0.6 is 15.9 Å². The molecule has 0 aliphatic rings. The number of hydrogen-bond donors (Lipinski definition) is 0. The highest BCUT2D eigenvalue weighted by atomic mass is 79.9. The van der Waals surface area contributed by atoms with Crippen molar-refractivity contribution in [3.05, 3.63) is 58.5 Å². The molecule has 2 aromatic heterocycles. The Morgan fingerprint density at radius 3 is 2.82 bits per heavy atom. The van der Waals surface area contributed by atoms with Crippen LogP contribution in [-0.4, -0.2) is 27.7 Å². The lowest BCUT2D eigenvalue weighted by Crippen LogP contribution is -2.12. The van der Waals surface area contributed by atoms with Gasteiger partial charge in [-0.1, -0.05) is 30.3 Å². The number of fused-ring (bicyclic) bond motifs is 1. The van der Waals surface area contributed by atoms with Gasteiger partial charge in [0.15, 0.2) is 17.1 Å². The summed E-state index contributed by atoms with van der Waals surface area (Å²) in [6, 6.07) is 11.4. The zero-order valence-corrected chi connectivity index (χ0v) is 13.3. The minimum absolute atomic E-state index is 0.203. The standard InChI is InChI=1S/C15H12BrN3O3/c1-21-15(20)13-12(22-8-10-5-3-2-4-6-10)7-11(16)14-17-9-18-19(13)14/h2-7,9H,8H2,1H3. The number of ether oxygens (including phenoxy) is 2. The van der Waals surface area contributed by atoms with Crippen LogP contribution in [0.4, 0.5) is 0 Å². The van der Waals surface area contributed by atoms with Crippen LogP contribution in [0, 0.1) is 0 Å². The van der Waals surface area contributed by atoms with Gasteiger partial charge in [-0.05, 0) is 21.5 Å². The molecule has 0 bridgehead atoms. The maximum absolute atomic E-state index is 12.1. The maximum atomic E-state index is 12.1. The second-order valence-electron chi connectivity index (χ2n) is 4.47. The van der Waals surface area contributed by atoms with Crippen molar-refractivity contribution in [3.63, 3.8) is 0 Å². The lowest BCUT2D eigenvalue weighted by molar-refractivity contribution is 0.0584. The number of carbonyl (C=O) groups is 1. The Morgan fingerprint density at radius 1 is 1.32 bits per heavy atom. The van der Waals surface area contributed by atoms with E-state index in [1.54, 1.807) is 6.07 Å². The Labute approximate surface area is 134 Å². The third-order valence-electron chi connectivity index (χ3n) is 3.08. The van der Waals surface area contributed by atoms with E-state index in [0.717, 1.165) is 5.56 Å². The summed E-state index contributed by atoms with van der Waals surface area (Å²) in [6.45, 7) is 0.331. The van der Waals surface area contributed by atoms with Crippen LogP contribution in [0.15, 0.2) is 47.2 Å². The summed E-state index contributed by atoms with van der Waals surface area (Å²) in [4.78, 5) is 16.2. The number of benzene rings is 1. The van der Waals surface area contributed by atoms with E-state index in [4.69, 9.17) is 9.47 Å². The predicted molar refractivity (Wildman–Crippen MR) is 82.8 cm³/mol. The number of carbonyl (C=O) groups excluding carboxylic acids is 1. The molecule has 0 fully saturated rings. The minimum Gasteiger partial charge on any atom is -0.486 e. The van der Waals surface area contributed by atoms with Crippen LogP contribution < -0.4 is 4.74 Å². The molecule has 112 valence electrons. The quantitative estimate of drug-likeness (QED) is 0.668. The van der Waals surface area contributed by atoms with Gasteiger partial charge >= 0.3 is 5.97 Å². The van der Waals surface area contributed by atoms with Crippen molar-refractivity contribution in [3.8, 4) is 5.75 Å². The summed E-state index contributed by atoms with van der Waals surface area (Å²) in [5.41, 5.74) is 1.72. The first-order valence-electron chi connectivity index (χ1n) is 6.48. The van der Waals surface area contributed by atoms with Crippen LogP contribution in [-0.2, 0) is 11.3 Å². The van der Waals surface area contributed by atoms with Gasteiger partial charge in [0.2, 0.25) is 0 Å². The van der Waals surface area contributed by atoms with Crippen molar-refractivity contribution in [2.45, 2.75) is 6.61 Å². The number of nitrogens with zero attached hydrogens (tertiary/aromatic N) is 3. The van der Waals surface area contributed by atoms with Crippen LogP contribution in [0.3, 0.4) is 0 Å². The fourth-order valence-corrected chi connectivity index (χ4v) is 2.53. The van der Waals surface area contributed by atoms with Crippen molar-refractivity contribution in [1.29, 1.82) is 0 Å². The first-order chi connectivity index (χ1) is 10.7. The molecule has 3 aromatic rings. The molecule has 22 heavy (non-hydrogen) atoms. The number of esters is 1. The molecule has 0 saturated carbocycles. The van der Waals surface area contributed by atoms with Gasteiger partial charge in [-0.15, -0.1) is 0 Å². The summed E-state index contributed by atoms with van der Waals surface area (Å²) in [5, 5.41) is 4.06. The summed E-state index contributed by atoms with van der Waals surface area (Å²) in [6.07, 6.45) is 1.37. The monoisotopic (exact) mass is 361 g/mol. The van der Waals surface area contributed by atoms with E-state index in [2.05, 4.69) is 26.0 Å². The zero-order chi connectivity index (χ0) is 15.5. The van der Waals surface area contributed by atoms with Gasteiger partial charge in [-0.25, -0.2) is 14.3 Å². The highest BCUT2D eigenvalue weighted by Crippen LogP contribution is 2.28. The Kier molecular flexibility index (Phi) is 4.06. The average Bonchev–Trinajstić information content (AvgIpc) is 3.03. The molecule has 0 N–H and O–H groups in total. The molecular formula is C15H12BrN3O3. The van der Waals surface area contributed by atoms with Crippen LogP contribution in [0.1, 0.15) is 16.1 Å². The van der Waals surface area contributed by atoms with Gasteiger partial charge < -0.3 is 9.47 Å². The number of pyridine rings is 1. The Balaban J connectivity index is 2.02. The number of rotatable bonds is 4. The Morgan fingerprint density at radius 2 is 2.09 bits per heavy atom.